The molecule has 5 heteroatoms. The maximum Gasteiger partial charge on any atom is 0.284 e. The number of nitrogens with zero attached hydrogens (tertiary/aromatic N) is 2. The third-order valence-electron chi connectivity index (χ3n) is 3.56. The molecule has 2 aromatic heterocycles. The molecule has 0 aliphatic carbocycles. The van der Waals surface area contributed by atoms with Gasteiger partial charge in [0.15, 0.2) is 5.69 Å². The van der Waals surface area contributed by atoms with Gasteiger partial charge in [-0.2, -0.15) is 4.57 Å². The summed E-state index contributed by atoms with van der Waals surface area (Å²) in [6.45, 7) is 9.35. The zero-order valence-corrected chi connectivity index (χ0v) is 15.6. The predicted molar refractivity (Wildman–Crippen MR) is 103 cm³/mol. The van der Waals surface area contributed by atoms with Crippen LogP contribution in [-0.4, -0.2) is 16.1 Å². The topological polar surface area (TPSA) is 64.1 Å². The average molecular weight is 339 g/mol. The Bertz CT molecular complexity index is 861. The van der Waals surface area contributed by atoms with Crippen molar-refractivity contribution >= 4 is 17.4 Å². The number of benzene rings is 1. The first-order valence-electron chi connectivity index (χ1n) is 8.57. The molecule has 0 saturated heterocycles. The number of hydrogen-bond acceptors (Lipinski definition) is 3. The van der Waals surface area contributed by atoms with E-state index < -0.39 is 5.66 Å². The van der Waals surface area contributed by atoms with E-state index in [1.54, 1.807) is 11.5 Å². The van der Waals surface area contributed by atoms with Gasteiger partial charge in [0.05, 0.1) is 6.20 Å². The highest BCUT2D eigenvalue weighted by molar-refractivity contribution is 5.89. The maximum atomic E-state index is 12.3. The highest BCUT2D eigenvalue weighted by atomic mass is 16.1. The van der Waals surface area contributed by atoms with Gasteiger partial charge in [0.2, 0.25) is 5.65 Å². The van der Waals surface area contributed by atoms with Gasteiger partial charge < -0.3 is 0 Å². The van der Waals surface area contributed by atoms with Crippen LogP contribution in [0.4, 0.5) is 5.82 Å². The van der Waals surface area contributed by atoms with Gasteiger partial charge in [-0.3, -0.25) is 15.8 Å². The zero-order valence-electron chi connectivity index (χ0n) is 15.6. The van der Waals surface area contributed by atoms with Crippen molar-refractivity contribution in [1.82, 2.24) is 4.57 Å². The second kappa shape index (κ2) is 7.49. The highest BCUT2D eigenvalue weighted by Crippen LogP contribution is 2.29. The van der Waals surface area contributed by atoms with Gasteiger partial charge in [-0.05, 0) is 19.9 Å². The number of aromatic nitrogens is 2. The van der Waals surface area contributed by atoms with E-state index in [0.29, 0.717) is 0 Å². The summed E-state index contributed by atoms with van der Waals surface area (Å²) in [7, 11) is 0. The van der Waals surface area contributed by atoms with Gasteiger partial charge in [0, 0.05) is 18.6 Å². The van der Waals surface area contributed by atoms with Crippen LogP contribution in [0.3, 0.4) is 0 Å². The lowest BCUT2D eigenvalue weighted by atomic mass is 10.1. The molecule has 0 aliphatic rings. The Morgan fingerprint density at radius 3 is 2.24 bits per heavy atom. The van der Waals surface area contributed by atoms with Gasteiger partial charge in [-0.1, -0.05) is 50.2 Å². The van der Waals surface area contributed by atoms with Gasteiger partial charge in [0.1, 0.15) is 5.66 Å². The minimum absolute atomic E-state index is 0.0459. The predicted octanol–water partition coefficient (Wildman–Crippen LogP) is 3.69. The van der Waals surface area contributed by atoms with E-state index in [0.717, 1.165) is 22.7 Å². The molecular formula is C20H27N4O+. The van der Waals surface area contributed by atoms with Crippen molar-refractivity contribution in [2.75, 3.05) is 5.32 Å². The van der Waals surface area contributed by atoms with Crippen LogP contribution >= 0.6 is 0 Å². The zero-order chi connectivity index (χ0) is 18.6. The molecule has 132 valence electrons. The van der Waals surface area contributed by atoms with Crippen LogP contribution < -0.4 is 15.5 Å². The molecule has 25 heavy (non-hydrogen) atoms. The van der Waals surface area contributed by atoms with E-state index in [1.807, 2.05) is 86.8 Å². The largest absolute Gasteiger partial charge is 0.297 e. The molecule has 0 bridgehead atoms. The molecule has 1 aromatic carbocycles. The first-order chi connectivity index (χ1) is 11.9. The molecular weight excluding hydrogens is 312 g/mol. The lowest BCUT2D eigenvalue weighted by Gasteiger charge is -2.17. The fourth-order valence-corrected chi connectivity index (χ4v) is 2.75. The standard InChI is InChI=1S/C18H21N4O.C2H6/c1-13(23)22-15-11-7-8-12-21(15)17(20-18(2,3)19)16(22)14-9-5-4-6-10-14;1-2/h4-12,20H,19H2,1-3H3;1-2H3/q+1;. The Balaban J connectivity index is 0.00000109. The fourth-order valence-electron chi connectivity index (χ4n) is 2.75. The van der Waals surface area contributed by atoms with Gasteiger partial charge in [-0.25, -0.2) is 4.40 Å². The number of fused-ring (bicyclic) bond motifs is 1. The van der Waals surface area contributed by atoms with Crippen molar-refractivity contribution < 1.29 is 9.20 Å². The third kappa shape index (κ3) is 3.88. The summed E-state index contributed by atoms with van der Waals surface area (Å²) in [4.78, 5) is 12.3. The summed E-state index contributed by atoms with van der Waals surface area (Å²) in [6, 6.07) is 15.6. The normalized spacial score (nSPS) is 11.0. The Hall–Kier alpha value is -2.66. The number of hydrogen-bond donors (Lipinski definition) is 2. The van der Waals surface area contributed by atoms with Crippen LogP contribution in [0.2, 0.25) is 0 Å². The molecule has 0 amide bonds. The summed E-state index contributed by atoms with van der Waals surface area (Å²) < 4.78 is 3.67. The van der Waals surface area contributed by atoms with E-state index in [1.165, 1.54) is 0 Å². The number of rotatable bonds is 3. The molecule has 3 rings (SSSR count). The molecule has 0 aliphatic heterocycles. The van der Waals surface area contributed by atoms with Crippen LogP contribution in [0.5, 0.6) is 0 Å². The van der Waals surface area contributed by atoms with Gasteiger partial charge in [-0.15, -0.1) is 0 Å². The Morgan fingerprint density at radius 1 is 1.08 bits per heavy atom. The summed E-state index contributed by atoms with van der Waals surface area (Å²) in [5.41, 5.74) is 8.11. The number of carbonyl (C=O) groups is 1. The Kier molecular flexibility index (Phi) is 5.59. The molecule has 0 spiro atoms. The third-order valence-corrected chi connectivity index (χ3v) is 3.56. The number of nitrogens with one attached hydrogen (secondary N) is 1. The first-order valence-corrected chi connectivity index (χ1v) is 8.57. The summed E-state index contributed by atoms with van der Waals surface area (Å²) in [5, 5.41) is 3.33. The second-order valence-corrected chi connectivity index (χ2v) is 6.19. The number of pyridine rings is 1. The molecule has 2 heterocycles. The van der Waals surface area contributed by atoms with Crippen molar-refractivity contribution in [3.63, 3.8) is 0 Å². The molecule has 3 aromatic rings. The van der Waals surface area contributed by atoms with E-state index in [-0.39, 0.29) is 5.91 Å². The van der Waals surface area contributed by atoms with Gasteiger partial charge in [0.25, 0.3) is 11.7 Å². The molecule has 0 unspecified atom stereocenters. The number of anilines is 1. The maximum absolute atomic E-state index is 12.3. The first kappa shape index (κ1) is 18.7. The van der Waals surface area contributed by atoms with E-state index in [2.05, 4.69) is 5.32 Å². The van der Waals surface area contributed by atoms with Crippen molar-refractivity contribution in [2.24, 2.45) is 5.73 Å². The fraction of sp³-hybridized carbons (Fsp3) is 0.300. The Morgan fingerprint density at radius 2 is 1.68 bits per heavy atom. The molecule has 0 atom stereocenters. The lowest BCUT2D eigenvalue weighted by molar-refractivity contribution is -0.495. The molecule has 0 saturated carbocycles. The SMILES string of the molecule is CC.CC(=O)n1c(-c2ccccc2)c(NC(C)(C)N)[n+]2ccccc12. The average Bonchev–Trinajstić information content (AvgIpc) is 2.90. The molecule has 0 radical (unpaired) electrons. The monoisotopic (exact) mass is 339 g/mol. The summed E-state index contributed by atoms with van der Waals surface area (Å²) in [5.74, 6) is 0.755. The minimum atomic E-state index is -0.623. The Labute approximate surface area is 149 Å². The quantitative estimate of drug-likeness (QED) is 0.565. The van der Waals surface area contributed by atoms with Crippen LogP contribution in [0.25, 0.3) is 16.9 Å². The van der Waals surface area contributed by atoms with E-state index >= 15 is 0 Å². The van der Waals surface area contributed by atoms with Crippen LogP contribution in [0.1, 0.15) is 39.4 Å². The highest BCUT2D eigenvalue weighted by Gasteiger charge is 2.30. The minimum Gasteiger partial charge on any atom is -0.297 e. The van der Waals surface area contributed by atoms with E-state index in [9.17, 15) is 4.79 Å². The summed E-state index contributed by atoms with van der Waals surface area (Å²) in [6.07, 6.45) is 1.93. The van der Waals surface area contributed by atoms with Crippen LogP contribution in [0.15, 0.2) is 54.7 Å². The second-order valence-electron chi connectivity index (χ2n) is 6.19. The lowest BCUT2D eigenvalue weighted by Crippen LogP contribution is -2.43. The number of nitrogens with two attached hydrogens (primary N) is 1. The van der Waals surface area contributed by atoms with E-state index in [4.69, 9.17) is 5.73 Å². The van der Waals surface area contributed by atoms with Crippen molar-refractivity contribution in [3.05, 3.63) is 54.7 Å². The smallest absolute Gasteiger partial charge is 0.284 e. The van der Waals surface area contributed by atoms with Crippen LogP contribution in [0, 0.1) is 0 Å². The van der Waals surface area contributed by atoms with Crippen molar-refractivity contribution in [3.8, 4) is 11.3 Å². The van der Waals surface area contributed by atoms with Crippen LogP contribution in [-0.2, 0) is 0 Å². The van der Waals surface area contributed by atoms with Crippen molar-refractivity contribution in [1.29, 1.82) is 0 Å². The van der Waals surface area contributed by atoms with Gasteiger partial charge >= 0.3 is 0 Å². The number of carbonyl (C=O) groups excluding carboxylic acids is 1. The summed E-state index contributed by atoms with van der Waals surface area (Å²) >= 11 is 0. The molecule has 3 N–H and O–H groups in total. The number of imidazole rings is 1. The molecule has 5 nitrogen and oxygen atoms in total. The van der Waals surface area contributed by atoms with Crippen molar-refractivity contribution in [2.45, 2.75) is 40.3 Å². The molecule has 0 fully saturated rings.